The van der Waals surface area contributed by atoms with Crippen LogP contribution in [0.3, 0.4) is 0 Å². The minimum atomic E-state index is -0.149. The van der Waals surface area contributed by atoms with Gasteiger partial charge in [0.1, 0.15) is 0 Å². The monoisotopic (exact) mass is 266 g/mol. The van der Waals surface area contributed by atoms with Gasteiger partial charge in [-0.15, -0.1) is 0 Å². The van der Waals surface area contributed by atoms with Gasteiger partial charge in [-0.2, -0.15) is 0 Å². The number of piperidine rings is 1. The van der Waals surface area contributed by atoms with Crippen LogP contribution in [0.1, 0.15) is 59.3 Å². The Kier molecular flexibility index (Phi) is 4.88. The zero-order valence-corrected chi connectivity index (χ0v) is 12.8. The summed E-state index contributed by atoms with van der Waals surface area (Å²) in [6, 6.07) is 0.410. The summed E-state index contributed by atoms with van der Waals surface area (Å²) in [6.45, 7) is 8.67. The second-order valence-corrected chi connectivity index (χ2v) is 7.08. The fraction of sp³-hybridized carbons (Fsp3) is 0.938. The molecule has 2 atom stereocenters. The highest BCUT2D eigenvalue weighted by atomic mass is 16.2. The Morgan fingerprint density at radius 2 is 1.84 bits per heavy atom. The van der Waals surface area contributed by atoms with Gasteiger partial charge in [-0.1, -0.05) is 33.6 Å². The molecule has 1 amide bonds. The molecule has 3 heteroatoms. The average molecular weight is 266 g/mol. The Bertz CT molecular complexity index is 308. The van der Waals surface area contributed by atoms with Gasteiger partial charge < -0.3 is 10.6 Å². The highest BCUT2D eigenvalue weighted by Gasteiger charge is 2.37. The van der Waals surface area contributed by atoms with Crippen molar-refractivity contribution in [1.29, 1.82) is 0 Å². The number of hydrogen-bond donors (Lipinski definition) is 2. The standard InChI is InChI=1S/C16H30N2O/c1-12(2)13-6-4-5-7-14(13)18-15(19)16(3)8-10-17-11-9-16/h12-14,17H,4-11H2,1-3H3,(H,18,19). The summed E-state index contributed by atoms with van der Waals surface area (Å²) in [5.41, 5.74) is -0.149. The van der Waals surface area contributed by atoms with Crippen molar-refractivity contribution in [2.45, 2.75) is 65.3 Å². The highest BCUT2D eigenvalue weighted by Crippen LogP contribution is 2.33. The van der Waals surface area contributed by atoms with E-state index in [1.165, 1.54) is 25.7 Å². The molecule has 1 heterocycles. The molecular formula is C16H30N2O. The van der Waals surface area contributed by atoms with Crippen LogP contribution in [0.2, 0.25) is 0 Å². The van der Waals surface area contributed by atoms with E-state index in [2.05, 4.69) is 31.4 Å². The largest absolute Gasteiger partial charge is 0.353 e. The lowest BCUT2D eigenvalue weighted by atomic mass is 9.76. The van der Waals surface area contributed by atoms with Crippen molar-refractivity contribution >= 4 is 5.91 Å². The summed E-state index contributed by atoms with van der Waals surface area (Å²) in [5, 5.41) is 6.74. The maximum atomic E-state index is 12.6. The van der Waals surface area contributed by atoms with Gasteiger partial charge in [0.15, 0.2) is 0 Å². The van der Waals surface area contributed by atoms with E-state index < -0.39 is 0 Å². The van der Waals surface area contributed by atoms with E-state index in [0.717, 1.165) is 25.9 Å². The van der Waals surface area contributed by atoms with Crippen LogP contribution in [-0.2, 0) is 4.79 Å². The van der Waals surface area contributed by atoms with Crippen molar-refractivity contribution in [1.82, 2.24) is 10.6 Å². The number of rotatable bonds is 3. The number of amides is 1. The SMILES string of the molecule is CC(C)C1CCCCC1NC(=O)C1(C)CCNCC1. The molecule has 3 nitrogen and oxygen atoms in total. The molecule has 0 radical (unpaired) electrons. The summed E-state index contributed by atoms with van der Waals surface area (Å²) >= 11 is 0. The zero-order chi connectivity index (χ0) is 13.9. The highest BCUT2D eigenvalue weighted by molar-refractivity contribution is 5.82. The Labute approximate surface area is 117 Å². The van der Waals surface area contributed by atoms with Crippen LogP contribution in [-0.4, -0.2) is 25.0 Å². The van der Waals surface area contributed by atoms with Crippen molar-refractivity contribution < 1.29 is 4.79 Å². The fourth-order valence-electron chi connectivity index (χ4n) is 3.68. The van der Waals surface area contributed by atoms with E-state index in [-0.39, 0.29) is 5.41 Å². The van der Waals surface area contributed by atoms with Gasteiger partial charge in [0, 0.05) is 11.5 Å². The van der Waals surface area contributed by atoms with Crippen LogP contribution < -0.4 is 10.6 Å². The second-order valence-electron chi connectivity index (χ2n) is 7.08. The average Bonchev–Trinajstić information content (AvgIpc) is 2.40. The van der Waals surface area contributed by atoms with E-state index in [4.69, 9.17) is 0 Å². The summed E-state index contributed by atoms with van der Waals surface area (Å²) in [7, 11) is 0. The first-order chi connectivity index (χ1) is 9.03. The molecule has 2 aliphatic rings. The lowest BCUT2D eigenvalue weighted by molar-refractivity contribution is -0.133. The van der Waals surface area contributed by atoms with E-state index in [1.807, 2.05) is 0 Å². The van der Waals surface area contributed by atoms with E-state index in [9.17, 15) is 4.79 Å². The summed E-state index contributed by atoms with van der Waals surface area (Å²) < 4.78 is 0. The molecule has 1 saturated heterocycles. The topological polar surface area (TPSA) is 41.1 Å². The summed E-state index contributed by atoms with van der Waals surface area (Å²) in [5.74, 6) is 1.64. The normalized spacial score (nSPS) is 31.2. The van der Waals surface area contributed by atoms with Crippen LogP contribution in [0.4, 0.5) is 0 Å². The third-order valence-corrected chi connectivity index (χ3v) is 5.25. The van der Waals surface area contributed by atoms with Gasteiger partial charge in [0.25, 0.3) is 0 Å². The molecule has 0 aromatic heterocycles. The molecular weight excluding hydrogens is 236 g/mol. The van der Waals surface area contributed by atoms with Crippen molar-refractivity contribution in [3.05, 3.63) is 0 Å². The Morgan fingerprint density at radius 1 is 1.21 bits per heavy atom. The molecule has 1 aliphatic heterocycles. The summed E-state index contributed by atoms with van der Waals surface area (Å²) in [6.07, 6.45) is 6.99. The number of hydrogen-bond acceptors (Lipinski definition) is 2. The molecule has 110 valence electrons. The predicted octanol–water partition coefficient (Wildman–Crippen LogP) is 2.71. The van der Waals surface area contributed by atoms with Crippen LogP contribution >= 0.6 is 0 Å². The van der Waals surface area contributed by atoms with Gasteiger partial charge in [-0.05, 0) is 50.6 Å². The lowest BCUT2D eigenvalue weighted by Gasteiger charge is -2.39. The van der Waals surface area contributed by atoms with Crippen LogP contribution in [0.5, 0.6) is 0 Å². The lowest BCUT2D eigenvalue weighted by Crippen LogP contribution is -2.51. The third kappa shape index (κ3) is 3.50. The van der Waals surface area contributed by atoms with Crippen molar-refractivity contribution in [3.63, 3.8) is 0 Å². The molecule has 1 aliphatic carbocycles. The van der Waals surface area contributed by atoms with E-state index in [0.29, 0.717) is 23.8 Å². The molecule has 0 bridgehead atoms. The minimum Gasteiger partial charge on any atom is -0.353 e. The zero-order valence-electron chi connectivity index (χ0n) is 12.8. The third-order valence-electron chi connectivity index (χ3n) is 5.25. The Morgan fingerprint density at radius 3 is 2.47 bits per heavy atom. The van der Waals surface area contributed by atoms with Crippen LogP contribution in [0, 0.1) is 17.3 Å². The smallest absolute Gasteiger partial charge is 0.226 e. The maximum Gasteiger partial charge on any atom is 0.226 e. The molecule has 2 unspecified atom stereocenters. The molecule has 2 N–H and O–H groups in total. The van der Waals surface area contributed by atoms with E-state index in [1.54, 1.807) is 0 Å². The minimum absolute atomic E-state index is 0.149. The van der Waals surface area contributed by atoms with Crippen molar-refractivity contribution in [3.8, 4) is 0 Å². The molecule has 2 fully saturated rings. The van der Waals surface area contributed by atoms with Gasteiger partial charge in [-0.3, -0.25) is 4.79 Å². The van der Waals surface area contributed by atoms with Crippen molar-refractivity contribution in [2.24, 2.45) is 17.3 Å². The summed E-state index contributed by atoms with van der Waals surface area (Å²) in [4.78, 5) is 12.6. The second kappa shape index (κ2) is 6.25. The van der Waals surface area contributed by atoms with Gasteiger partial charge in [0.05, 0.1) is 0 Å². The van der Waals surface area contributed by atoms with Crippen molar-refractivity contribution in [2.75, 3.05) is 13.1 Å². The fourth-order valence-corrected chi connectivity index (χ4v) is 3.68. The number of carbonyl (C=O) groups is 1. The van der Waals surface area contributed by atoms with E-state index >= 15 is 0 Å². The first kappa shape index (κ1) is 14.8. The van der Waals surface area contributed by atoms with Gasteiger partial charge in [-0.25, -0.2) is 0 Å². The molecule has 0 aromatic carbocycles. The molecule has 1 saturated carbocycles. The van der Waals surface area contributed by atoms with Gasteiger partial charge >= 0.3 is 0 Å². The quantitative estimate of drug-likeness (QED) is 0.824. The molecule has 0 aromatic rings. The predicted molar refractivity (Wildman–Crippen MR) is 78.9 cm³/mol. The first-order valence-electron chi connectivity index (χ1n) is 8.04. The number of carbonyl (C=O) groups excluding carboxylic acids is 1. The van der Waals surface area contributed by atoms with Crippen LogP contribution in [0.25, 0.3) is 0 Å². The Balaban J connectivity index is 1.96. The molecule has 19 heavy (non-hydrogen) atoms. The molecule has 2 rings (SSSR count). The number of nitrogens with one attached hydrogen (secondary N) is 2. The van der Waals surface area contributed by atoms with Gasteiger partial charge in [0.2, 0.25) is 5.91 Å². The Hall–Kier alpha value is -0.570. The molecule has 0 spiro atoms. The van der Waals surface area contributed by atoms with Crippen LogP contribution in [0.15, 0.2) is 0 Å². The maximum absolute atomic E-state index is 12.6. The first-order valence-corrected chi connectivity index (χ1v) is 8.04.